The molecule has 0 atom stereocenters. The molecule has 2 aromatic rings. The predicted molar refractivity (Wildman–Crippen MR) is 70.1 cm³/mol. The molecule has 0 aromatic heterocycles. The van der Waals surface area contributed by atoms with Crippen molar-refractivity contribution in [3.05, 3.63) is 53.6 Å². The van der Waals surface area contributed by atoms with Crippen LogP contribution < -0.4 is 11.1 Å². The lowest BCUT2D eigenvalue weighted by Gasteiger charge is -2.10. The van der Waals surface area contributed by atoms with Crippen LogP contribution >= 0.6 is 0 Å². The lowest BCUT2D eigenvalue weighted by atomic mass is 10.1. The fraction of sp³-hybridized carbons (Fsp3) is 0.143. The minimum atomic E-state index is 0.778. The molecule has 0 aliphatic heterocycles. The summed E-state index contributed by atoms with van der Waals surface area (Å²) in [4.78, 5) is 0. The second-order valence-electron chi connectivity index (χ2n) is 4.07. The van der Waals surface area contributed by atoms with Gasteiger partial charge in [0.05, 0.1) is 0 Å². The van der Waals surface area contributed by atoms with E-state index in [0.29, 0.717) is 0 Å². The van der Waals surface area contributed by atoms with Crippen molar-refractivity contribution >= 4 is 17.1 Å². The summed E-state index contributed by atoms with van der Waals surface area (Å²) in [7, 11) is 0. The Labute approximate surface area is 96.1 Å². The molecule has 2 aromatic carbocycles. The average Bonchev–Trinajstić information content (AvgIpc) is 2.27. The molecule has 0 amide bonds. The second kappa shape index (κ2) is 4.27. The van der Waals surface area contributed by atoms with Crippen LogP contribution in [0.5, 0.6) is 0 Å². The zero-order valence-corrected chi connectivity index (χ0v) is 9.62. The third kappa shape index (κ3) is 2.34. The molecule has 0 heterocycles. The average molecular weight is 212 g/mol. The Bertz CT molecular complexity index is 487. The fourth-order valence-corrected chi connectivity index (χ4v) is 1.57. The molecule has 0 saturated heterocycles. The molecule has 2 nitrogen and oxygen atoms in total. The first kappa shape index (κ1) is 10.6. The molecule has 0 unspecified atom stereocenters. The van der Waals surface area contributed by atoms with E-state index in [9.17, 15) is 0 Å². The van der Waals surface area contributed by atoms with Crippen LogP contribution in [0.2, 0.25) is 0 Å². The summed E-state index contributed by atoms with van der Waals surface area (Å²) in [5.41, 5.74) is 11.1. The van der Waals surface area contributed by atoms with Crippen molar-refractivity contribution in [2.45, 2.75) is 13.8 Å². The van der Waals surface area contributed by atoms with Gasteiger partial charge in [-0.15, -0.1) is 0 Å². The van der Waals surface area contributed by atoms with Crippen LogP contribution in [0.25, 0.3) is 0 Å². The Balaban J connectivity index is 2.26. The van der Waals surface area contributed by atoms with Crippen LogP contribution in [0.3, 0.4) is 0 Å². The summed E-state index contributed by atoms with van der Waals surface area (Å²) in [5.74, 6) is 0. The van der Waals surface area contributed by atoms with Gasteiger partial charge in [-0.25, -0.2) is 0 Å². The van der Waals surface area contributed by atoms with Crippen LogP contribution in [0, 0.1) is 13.8 Å². The van der Waals surface area contributed by atoms with Crippen molar-refractivity contribution in [3.63, 3.8) is 0 Å². The van der Waals surface area contributed by atoms with Gasteiger partial charge >= 0.3 is 0 Å². The van der Waals surface area contributed by atoms with E-state index in [0.717, 1.165) is 17.1 Å². The number of aryl methyl sites for hydroxylation is 2. The molecule has 0 spiro atoms. The smallest absolute Gasteiger partial charge is 0.0434 e. The number of rotatable bonds is 2. The van der Waals surface area contributed by atoms with E-state index in [4.69, 9.17) is 5.73 Å². The standard InChI is InChI=1S/C14H16N2/c1-10-3-7-13(8-4-10)16-14-9-12(15)6-5-11(14)2/h3-9,16H,15H2,1-2H3. The molecule has 0 radical (unpaired) electrons. The first-order valence-corrected chi connectivity index (χ1v) is 5.35. The number of nitrogen functional groups attached to an aromatic ring is 1. The van der Waals surface area contributed by atoms with Gasteiger partial charge in [0.15, 0.2) is 0 Å². The van der Waals surface area contributed by atoms with Gasteiger partial charge in [-0.1, -0.05) is 23.8 Å². The summed E-state index contributed by atoms with van der Waals surface area (Å²) in [5, 5.41) is 3.36. The Hall–Kier alpha value is -1.96. The lowest BCUT2D eigenvalue weighted by molar-refractivity contribution is 1.41. The maximum absolute atomic E-state index is 5.77. The van der Waals surface area contributed by atoms with Gasteiger partial charge in [0, 0.05) is 17.1 Å². The highest BCUT2D eigenvalue weighted by molar-refractivity contribution is 5.67. The van der Waals surface area contributed by atoms with Crippen LogP contribution in [-0.4, -0.2) is 0 Å². The van der Waals surface area contributed by atoms with Crippen molar-refractivity contribution in [2.75, 3.05) is 11.1 Å². The van der Waals surface area contributed by atoms with E-state index in [2.05, 4.69) is 43.4 Å². The Morgan fingerprint density at radius 2 is 1.62 bits per heavy atom. The van der Waals surface area contributed by atoms with Gasteiger partial charge in [-0.2, -0.15) is 0 Å². The largest absolute Gasteiger partial charge is 0.399 e. The number of benzene rings is 2. The summed E-state index contributed by atoms with van der Waals surface area (Å²) in [6.07, 6.45) is 0. The Morgan fingerprint density at radius 3 is 2.31 bits per heavy atom. The monoisotopic (exact) mass is 212 g/mol. The number of nitrogens with two attached hydrogens (primary N) is 1. The van der Waals surface area contributed by atoms with Crippen LogP contribution in [0.1, 0.15) is 11.1 Å². The minimum absolute atomic E-state index is 0.778. The van der Waals surface area contributed by atoms with E-state index >= 15 is 0 Å². The molecule has 0 aliphatic rings. The van der Waals surface area contributed by atoms with Gasteiger partial charge in [-0.05, 0) is 43.7 Å². The van der Waals surface area contributed by atoms with Crippen molar-refractivity contribution < 1.29 is 0 Å². The highest BCUT2D eigenvalue weighted by Gasteiger charge is 1.99. The number of anilines is 3. The van der Waals surface area contributed by atoms with Crippen LogP contribution in [-0.2, 0) is 0 Å². The van der Waals surface area contributed by atoms with Crippen LogP contribution in [0.15, 0.2) is 42.5 Å². The second-order valence-corrected chi connectivity index (χ2v) is 4.07. The number of hydrogen-bond acceptors (Lipinski definition) is 2. The van der Waals surface area contributed by atoms with E-state index in [1.54, 1.807) is 0 Å². The maximum Gasteiger partial charge on any atom is 0.0434 e. The summed E-state index contributed by atoms with van der Waals surface area (Å²) < 4.78 is 0. The van der Waals surface area contributed by atoms with E-state index in [-0.39, 0.29) is 0 Å². The van der Waals surface area contributed by atoms with Gasteiger partial charge in [0.1, 0.15) is 0 Å². The number of hydrogen-bond donors (Lipinski definition) is 2. The van der Waals surface area contributed by atoms with E-state index in [1.807, 2.05) is 18.2 Å². The molecule has 82 valence electrons. The van der Waals surface area contributed by atoms with Crippen molar-refractivity contribution in [3.8, 4) is 0 Å². The number of nitrogens with one attached hydrogen (secondary N) is 1. The lowest BCUT2D eigenvalue weighted by Crippen LogP contribution is -1.95. The maximum atomic E-state index is 5.77. The molecule has 0 bridgehead atoms. The van der Waals surface area contributed by atoms with Crippen LogP contribution in [0.4, 0.5) is 17.1 Å². The highest BCUT2D eigenvalue weighted by atomic mass is 14.9. The van der Waals surface area contributed by atoms with Gasteiger partial charge < -0.3 is 11.1 Å². The van der Waals surface area contributed by atoms with E-state index < -0.39 is 0 Å². The molecule has 0 fully saturated rings. The molecule has 3 N–H and O–H groups in total. The zero-order valence-electron chi connectivity index (χ0n) is 9.62. The molecule has 0 aliphatic carbocycles. The van der Waals surface area contributed by atoms with Gasteiger partial charge in [0.2, 0.25) is 0 Å². The zero-order chi connectivity index (χ0) is 11.5. The molecular weight excluding hydrogens is 196 g/mol. The fourth-order valence-electron chi connectivity index (χ4n) is 1.57. The molecule has 16 heavy (non-hydrogen) atoms. The predicted octanol–water partition coefficient (Wildman–Crippen LogP) is 3.63. The third-order valence-corrected chi connectivity index (χ3v) is 2.59. The van der Waals surface area contributed by atoms with Crippen molar-refractivity contribution in [1.82, 2.24) is 0 Å². The van der Waals surface area contributed by atoms with Gasteiger partial charge in [-0.3, -0.25) is 0 Å². The minimum Gasteiger partial charge on any atom is -0.399 e. The van der Waals surface area contributed by atoms with Crippen molar-refractivity contribution in [2.24, 2.45) is 0 Å². The molecule has 0 saturated carbocycles. The molecule has 2 heteroatoms. The van der Waals surface area contributed by atoms with Gasteiger partial charge in [0.25, 0.3) is 0 Å². The quantitative estimate of drug-likeness (QED) is 0.746. The summed E-state index contributed by atoms with van der Waals surface area (Å²) >= 11 is 0. The Morgan fingerprint density at radius 1 is 0.938 bits per heavy atom. The summed E-state index contributed by atoms with van der Waals surface area (Å²) in [6, 6.07) is 14.2. The SMILES string of the molecule is Cc1ccc(Nc2cc(N)ccc2C)cc1. The molecular formula is C14H16N2. The first-order valence-electron chi connectivity index (χ1n) is 5.35. The van der Waals surface area contributed by atoms with E-state index in [1.165, 1.54) is 11.1 Å². The first-order chi connectivity index (χ1) is 7.65. The Kier molecular flexibility index (Phi) is 2.82. The summed E-state index contributed by atoms with van der Waals surface area (Å²) in [6.45, 7) is 4.14. The highest BCUT2D eigenvalue weighted by Crippen LogP contribution is 2.22. The van der Waals surface area contributed by atoms with Crippen molar-refractivity contribution in [1.29, 1.82) is 0 Å². The normalized spacial score (nSPS) is 10.1. The third-order valence-electron chi connectivity index (χ3n) is 2.59. The molecule has 2 rings (SSSR count). The topological polar surface area (TPSA) is 38.0 Å².